The number of ether oxygens (including phenoxy) is 1. The molecule has 6 heteroatoms. The number of rotatable bonds is 4. The minimum Gasteiger partial charge on any atom is -0.494 e. The van der Waals surface area contributed by atoms with Crippen LogP contribution in [0.5, 0.6) is 5.75 Å². The van der Waals surface area contributed by atoms with Crippen molar-refractivity contribution < 1.29 is 9.13 Å². The van der Waals surface area contributed by atoms with E-state index in [-0.39, 0.29) is 5.82 Å². The van der Waals surface area contributed by atoms with Crippen LogP contribution in [0.3, 0.4) is 0 Å². The Morgan fingerprint density at radius 1 is 1.24 bits per heavy atom. The minimum absolute atomic E-state index is 0.356. The van der Waals surface area contributed by atoms with Crippen LogP contribution in [-0.4, -0.2) is 26.6 Å². The summed E-state index contributed by atoms with van der Waals surface area (Å²) < 4.78 is 21.7. The van der Waals surface area contributed by atoms with E-state index in [1.807, 2.05) is 20.8 Å². The van der Waals surface area contributed by atoms with Gasteiger partial charge in [0, 0.05) is 17.4 Å². The smallest absolute Gasteiger partial charge is 0.152 e. The van der Waals surface area contributed by atoms with Crippen LogP contribution in [0.1, 0.15) is 49.2 Å². The molecular formula is C19H21FN4O. The third-order valence-electron chi connectivity index (χ3n) is 4.98. The van der Waals surface area contributed by atoms with E-state index in [4.69, 9.17) is 9.84 Å². The van der Waals surface area contributed by atoms with Crippen molar-refractivity contribution in [2.24, 2.45) is 0 Å². The van der Waals surface area contributed by atoms with E-state index in [1.165, 1.54) is 12.5 Å². The molecule has 0 amide bonds. The molecule has 0 saturated heterocycles. The Morgan fingerprint density at radius 3 is 2.68 bits per heavy atom. The largest absolute Gasteiger partial charge is 0.494 e. The summed E-state index contributed by atoms with van der Waals surface area (Å²) in [5.74, 6) is 0.585. The highest BCUT2D eigenvalue weighted by Crippen LogP contribution is 2.39. The monoisotopic (exact) mass is 340 g/mol. The van der Waals surface area contributed by atoms with E-state index in [0.717, 1.165) is 40.8 Å². The second kappa shape index (κ2) is 6.10. The van der Waals surface area contributed by atoms with Crippen molar-refractivity contribution in [1.82, 2.24) is 20.0 Å². The Labute approximate surface area is 145 Å². The van der Waals surface area contributed by atoms with E-state index in [0.29, 0.717) is 24.0 Å². The van der Waals surface area contributed by atoms with Gasteiger partial charge in [-0.15, -0.1) is 0 Å². The molecule has 0 atom stereocenters. The number of aromatic nitrogens is 4. The molecule has 5 nitrogen and oxygen atoms in total. The van der Waals surface area contributed by atoms with Gasteiger partial charge in [0.05, 0.1) is 23.7 Å². The molecule has 4 rings (SSSR count). The molecule has 1 saturated carbocycles. The van der Waals surface area contributed by atoms with Crippen LogP contribution in [0.2, 0.25) is 0 Å². The molecule has 0 spiro atoms. The van der Waals surface area contributed by atoms with E-state index in [1.54, 1.807) is 16.8 Å². The molecule has 130 valence electrons. The molecule has 0 radical (unpaired) electrons. The summed E-state index contributed by atoms with van der Waals surface area (Å²) in [5.41, 5.74) is 3.92. The maximum Gasteiger partial charge on any atom is 0.152 e. The predicted octanol–water partition coefficient (Wildman–Crippen LogP) is 4.24. The zero-order chi connectivity index (χ0) is 17.6. The third-order valence-corrected chi connectivity index (χ3v) is 4.98. The number of fused-ring (bicyclic) bond motifs is 1. The van der Waals surface area contributed by atoms with Crippen LogP contribution in [0, 0.1) is 19.7 Å². The van der Waals surface area contributed by atoms with Gasteiger partial charge in [-0.25, -0.2) is 9.07 Å². The zero-order valence-corrected chi connectivity index (χ0v) is 14.7. The van der Waals surface area contributed by atoms with Gasteiger partial charge >= 0.3 is 0 Å². The van der Waals surface area contributed by atoms with Gasteiger partial charge < -0.3 is 4.74 Å². The number of halogens is 1. The number of benzene rings is 1. The van der Waals surface area contributed by atoms with Crippen LogP contribution in [0.4, 0.5) is 4.39 Å². The first-order valence-electron chi connectivity index (χ1n) is 8.75. The fourth-order valence-corrected chi connectivity index (χ4v) is 3.45. The average molecular weight is 340 g/mol. The molecule has 25 heavy (non-hydrogen) atoms. The average Bonchev–Trinajstić information content (AvgIpc) is 2.87. The normalized spacial score (nSPS) is 14.7. The summed E-state index contributed by atoms with van der Waals surface area (Å²) in [7, 11) is 0. The molecule has 2 aromatic heterocycles. The lowest BCUT2D eigenvalue weighted by Gasteiger charge is -2.24. The van der Waals surface area contributed by atoms with Crippen molar-refractivity contribution in [1.29, 1.82) is 0 Å². The SMILES string of the molecule is CCOc1ccc(-n2nc3c(C4CCC4)nnc(C)c3c2C)c(F)c1. The summed E-state index contributed by atoms with van der Waals surface area (Å²) in [4.78, 5) is 0. The molecule has 1 aliphatic rings. The molecule has 3 aromatic rings. The van der Waals surface area contributed by atoms with E-state index < -0.39 is 0 Å². The van der Waals surface area contributed by atoms with Crippen molar-refractivity contribution in [2.45, 2.75) is 46.0 Å². The fraction of sp³-hybridized carbons (Fsp3) is 0.421. The lowest BCUT2D eigenvalue weighted by Crippen LogP contribution is -2.12. The predicted molar refractivity (Wildman–Crippen MR) is 93.9 cm³/mol. The minimum atomic E-state index is -0.356. The highest BCUT2D eigenvalue weighted by Gasteiger charge is 2.27. The number of nitrogens with zero attached hydrogens (tertiary/aromatic N) is 4. The van der Waals surface area contributed by atoms with Gasteiger partial charge in [0.1, 0.15) is 17.0 Å². The van der Waals surface area contributed by atoms with Gasteiger partial charge in [-0.3, -0.25) is 0 Å². The zero-order valence-electron chi connectivity index (χ0n) is 14.7. The Bertz CT molecular complexity index is 946. The standard InChI is InChI=1S/C19H21FN4O/c1-4-25-14-8-9-16(15(20)10-14)24-12(3)17-11(2)21-22-18(19(17)23-24)13-6-5-7-13/h8-10,13H,4-7H2,1-3H3. The Hall–Kier alpha value is -2.50. The lowest BCUT2D eigenvalue weighted by atomic mass is 9.82. The van der Waals surface area contributed by atoms with E-state index in [9.17, 15) is 4.39 Å². The fourth-order valence-electron chi connectivity index (χ4n) is 3.45. The van der Waals surface area contributed by atoms with Crippen molar-refractivity contribution in [3.8, 4) is 11.4 Å². The van der Waals surface area contributed by atoms with Crippen molar-refractivity contribution in [3.63, 3.8) is 0 Å². The quantitative estimate of drug-likeness (QED) is 0.713. The van der Waals surface area contributed by atoms with Crippen LogP contribution in [0.25, 0.3) is 16.6 Å². The maximum atomic E-state index is 14.6. The van der Waals surface area contributed by atoms with Crippen LogP contribution >= 0.6 is 0 Å². The summed E-state index contributed by atoms with van der Waals surface area (Å²) in [6.07, 6.45) is 3.46. The van der Waals surface area contributed by atoms with Crippen molar-refractivity contribution >= 4 is 10.9 Å². The van der Waals surface area contributed by atoms with Gasteiger partial charge in [-0.1, -0.05) is 6.42 Å². The van der Waals surface area contributed by atoms with Gasteiger partial charge in [0.25, 0.3) is 0 Å². The van der Waals surface area contributed by atoms with Crippen LogP contribution in [-0.2, 0) is 0 Å². The number of hydrogen-bond acceptors (Lipinski definition) is 4. The van der Waals surface area contributed by atoms with Crippen molar-refractivity contribution in [2.75, 3.05) is 6.61 Å². The Balaban J connectivity index is 1.88. The van der Waals surface area contributed by atoms with Gasteiger partial charge in [-0.05, 0) is 45.7 Å². The second-order valence-electron chi connectivity index (χ2n) is 6.57. The van der Waals surface area contributed by atoms with Crippen molar-refractivity contribution in [3.05, 3.63) is 41.1 Å². The number of aryl methyl sites for hydroxylation is 2. The Morgan fingerprint density at radius 2 is 2.04 bits per heavy atom. The molecule has 1 aromatic carbocycles. The lowest BCUT2D eigenvalue weighted by molar-refractivity contribution is 0.338. The third kappa shape index (κ3) is 2.56. The van der Waals surface area contributed by atoms with Gasteiger partial charge in [0.2, 0.25) is 0 Å². The van der Waals surface area contributed by atoms with Crippen LogP contribution < -0.4 is 4.74 Å². The maximum absolute atomic E-state index is 14.6. The van der Waals surface area contributed by atoms with Gasteiger partial charge in [0.15, 0.2) is 5.82 Å². The first-order chi connectivity index (χ1) is 12.1. The second-order valence-corrected chi connectivity index (χ2v) is 6.57. The molecule has 0 unspecified atom stereocenters. The Kier molecular flexibility index (Phi) is 3.90. The topological polar surface area (TPSA) is 52.8 Å². The van der Waals surface area contributed by atoms with Gasteiger partial charge in [-0.2, -0.15) is 15.3 Å². The molecule has 0 bridgehead atoms. The van der Waals surface area contributed by atoms with E-state index in [2.05, 4.69) is 10.2 Å². The summed E-state index contributed by atoms with van der Waals surface area (Å²) in [5, 5.41) is 14.4. The molecule has 1 aliphatic carbocycles. The molecular weight excluding hydrogens is 319 g/mol. The number of hydrogen-bond donors (Lipinski definition) is 0. The molecule has 0 aliphatic heterocycles. The summed E-state index contributed by atoms with van der Waals surface area (Å²) in [6.45, 7) is 6.25. The highest BCUT2D eigenvalue weighted by atomic mass is 19.1. The summed E-state index contributed by atoms with van der Waals surface area (Å²) in [6, 6.07) is 4.88. The first-order valence-corrected chi connectivity index (χ1v) is 8.75. The molecule has 0 N–H and O–H groups in total. The molecule has 2 heterocycles. The summed E-state index contributed by atoms with van der Waals surface area (Å²) >= 11 is 0. The molecule has 1 fully saturated rings. The first kappa shape index (κ1) is 16.0. The van der Waals surface area contributed by atoms with E-state index >= 15 is 0 Å². The highest BCUT2D eigenvalue weighted by molar-refractivity contribution is 5.86. The van der Waals surface area contributed by atoms with Crippen LogP contribution in [0.15, 0.2) is 18.2 Å².